The molecule has 3 rings (SSSR count). The van der Waals surface area contributed by atoms with Gasteiger partial charge in [0.05, 0.1) is 23.6 Å². The van der Waals surface area contributed by atoms with Gasteiger partial charge in [-0.25, -0.2) is 17.9 Å². The van der Waals surface area contributed by atoms with E-state index in [0.29, 0.717) is 24.5 Å². The van der Waals surface area contributed by atoms with E-state index in [0.717, 1.165) is 5.56 Å². The van der Waals surface area contributed by atoms with Gasteiger partial charge in [0.25, 0.3) is 0 Å². The molecule has 2 aromatic rings. The van der Waals surface area contributed by atoms with Crippen molar-refractivity contribution in [2.45, 2.75) is 33.0 Å². The van der Waals surface area contributed by atoms with Crippen LogP contribution in [0.1, 0.15) is 19.4 Å². The van der Waals surface area contributed by atoms with Crippen LogP contribution in [-0.4, -0.2) is 76.6 Å². The van der Waals surface area contributed by atoms with Crippen LogP contribution in [-0.2, 0) is 14.8 Å². The average Bonchev–Trinajstić information content (AvgIpc) is 3.17. The number of sulfonamides is 1. The van der Waals surface area contributed by atoms with E-state index in [1.165, 1.54) is 15.3 Å². The van der Waals surface area contributed by atoms with Crippen LogP contribution in [0.4, 0.5) is 10.5 Å². The van der Waals surface area contributed by atoms with Crippen LogP contribution in [0.2, 0.25) is 0 Å². The van der Waals surface area contributed by atoms with Gasteiger partial charge >= 0.3 is 6.03 Å². The summed E-state index contributed by atoms with van der Waals surface area (Å²) in [5.41, 5.74) is 2.11. The van der Waals surface area contributed by atoms with Crippen molar-refractivity contribution in [1.82, 2.24) is 29.8 Å². The first-order valence-electron chi connectivity index (χ1n) is 9.27. The Hall–Kier alpha value is -2.57. The second-order valence-electron chi connectivity index (χ2n) is 7.02. The zero-order valence-electron chi connectivity index (χ0n) is 16.6. The lowest BCUT2D eigenvalue weighted by Gasteiger charge is -2.34. The molecule has 11 nitrogen and oxygen atoms in total. The molecule has 2 heterocycles. The number of carbonyl (C=O) groups excluding carboxylic acids is 1. The van der Waals surface area contributed by atoms with Gasteiger partial charge in [0.2, 0.25) is 10.0 Å². The molecule has 1 aliphatic rings. The quantitative estimate of drug-likeness (QED) is 0.693. The molecule has 0 spiro atoms. The number of morpholine rings is 1. The third kappa shape index (κ3) is 5.49. The topological polar surface area (TPSA) is 131 Å². The maximum atomic E-state index is 12.5. The number of anilines is 1. The van der Waals surface area contributed by atoms with Crippen LogP contribution in [0.15, 0.2) is 24.5 Å². The van der Waals surface area contributed by atoms with Gasteiger partial charge in [0.15, 0.2) is 0 Å². The van der Waals surface area contributed by atoms with E-state index in [-0.39, 0.29) is 24.5 Å². The molecule has 1 saturated heterocycles. The van der Waals surface area contributed by atoms with Gasteiger partial charge in [-0.3, -0.25) is 0 Å². The lowest BCUT2D eigenvalue weighted by Crippen LogP contribution is -2.49. The third-order valence-corrected chi connectivity index (χ3v) is 6.31. The van der Waals surface area contributed by atoms with Gasteiger partial charge in [-0.1, -0.05) is 6.07 Å². The van der Waals surface area contributed by atoms with Crippen LogP contribution < -0.4 is 10.6 Å². The summed E-state index contributed by atoms with van der Waals surface area (Å²) in [6, 6.07) is 4.91. The van der Waals surface area contributed by atoms with Crippen LogP contribution in [0.5, 0.6) is 0 Å². The number of aromatic nitrogens is 4. The second kappa shape index (κ2) is 8.84. The Bertz CT molecular complexity index is 939. The largest absolute Gasteiger partial charge is 0.373 e. The fourth-order valence-corrected chi connectivity index (χ4v) is 4.61. The van der Waals surface area contributed by atoms with E-state index in [2.05, 4.69) is 26.2 Å². The lowest BCUT2D eigenvalue weighted by molar-refractivity contribution is -0.0440. The number of benzene rings is 1. The van der Waals surface area contributed by atoms with Gasteiger partial charge in [-0.05, 0) is 48.9 Å². The molecular weight excluding hydrogens is 398 g/mol. The number of hydrogen-bond donors (Lipinski definition) is 2. The molecule has 2 amide bonds. The normalized spacial score (nSPS) is 20.4. The Morgan fingerprint density at radius 1 is 1.28 bits per heavy atom. The Kier molecular flexibility index (Phi) is 6.45. The summed E-state index contributed by atoms with van der Waals surface area (Å²) in [6.07, 6.45) is 1.15. The highest BCUT2D eigenvalue weighted by molar-refractivity contribution is 7.89. The van der Waals surface area contributed by atoms with Crippen molar-refractivity contribution in [3.05, 3.63) is 30.1 Å². The van der Waals surface area contributed by atoms with Crippen molar-refractivity contribution >= 4 is 21.7 Å². The van der Waals surface area contributed by atoms with E-state index < -0.39 is 16.1 Å². The minimum atomic E-state index is -3.48. The molecule has 1 fully saturated rings. The first-order chi connectivity index (χ1) is 13.7. The van der Waals surface area contributed by atoms with Crippen molar-refractivity contribution in [1.29, 1.82) is 0 Å². The van der Waals surface area contributed by atoms with Gasteiger partial charge < -0.3 is 15.4 Å². The number of nitrogens with one attached hydrogen (secondary N) is 2. The monoisotopic (exact) mass is 423 g/mol. The van der Waals surface area contributed by atoms with Gasteiger partial charge in [0.1, 0.15) is 6.33 Å². The highest BCUT2D eigenvalue weighted by atomic mass is 32.2. The van der Waals surface area contributed by atoms with E-state index in [1.54, 1.807) is 6.07 Å². The van der Waals surface area contributed by atoms with Crippen LogP contribution in [0.25, 0.3) is 5.69 Å². The number of rotatable bonds is 6. The molecule has 1 aromatic heterocycles. The minimum Gasteiger partial charge on any atom is -0.373 e. The average molecular weight is 423 g/mol. The molecule has 2 N–H and O–H groups in total. The summed E-state index contributed by atoms with van der Waals surface area (Å²) in [5.74, 6) is -0.177. The number of tetrazole rings is 1. The summed E-state index contributed by atoms with van der Waals surface area (Å²) in [7, 11) is -3.48. The zero-order valence-corrected chi connectivity index (χ0v) is 17.4. The Balaban J connectivity index is 1.54. The number of aryl methyl sites for hydroxylation is 1. The highest BCUT2D eigenvalue weighted by Crippen LogP contribution is 2.19. The molecule has 1 aromatic carbocycles. The third-order valence-electron chi connectivity index (χ3n) is 4.51. The van der Waals surface area contributed by atoms with Gasteiger partial charge in [-0.2, -0.15) is 4.31 Å². The molecule has 29 heavy (non-hydrogen) atoms. The van der Waals surface area contributed by atoms with Crippen molar-refractivity contribution in [2.24, 2.45) is 0 Å². The van der Waals surface area contributed by atoms with Gasteiger partial charge in [-0.15, -0.1) is 5.10 Å². The number of amides is 2. The van der Waals surface area contributed by atoms with Crippen LogP contribution >= 0.6 is 0 Å². The van der Waals surface area contributed by atoms with Crippen molar-refractivity contribution < 1.29 is 17.9 Å². The lowest BCUT2D eigenvalue weighted by atomic mass is 10.2. The van der Waals surface area contributed by atoms with Crippen molar-refractivity contribution in [2.75, 3.05) is 30.7 Å². The van der Waals surface area contributed by atoms with E-state index in [9.17, 15) is 13.2 Å². The van der Waals surface area contributed by atoms with Crippen LogP contribution in [0, 0.1) is 6.92 Å². The zero-order chi connectivity index (χ0) is 21.0. The Morgan fingerprint density at radius 2 is 2.00 bits per heavy atom. The van der Waals surface area contributed by atoms with E-state index >= 15 is 0 Å². The molecule has 0 bridgehead atoms. The molecule has 0 aliphatic carbocycles. The highest BCUT2D eigenvalue weighted by Gasteiger charge is 2.30. The summed E-state index contributed by atoms with van der Waals surface area (Å²) in [5, 5.41) is 16.3. The number of ether oxygens (including phenoxy) is 1. The second-order valence-corrected chi connectivity index (χ2v) is 9.11. The predicted octanol–water partition coefficient (Wildman–Crippen LogP) is 0.531. The number of hydrogen-bond acceptors (Lipinski definition) is 7. The molecular formula is C17H25N7O4S. The maximum Gasteiger partial charge on any atom is 0.319 e. The summed E-state index contributed by atoms with van der Waals surface area (Å²) in [4.78, 5) is 12.2. The number of nitrogens with zero attached hydrogens (tertiary/aromatic N) is 5. The summed E-state index contributed by atoms with van der Waals surface area (Å²) in [6.45, 7) is 6.18. The standard InChI is InChI=1S/C17H25N7O4S/c1-12-4-5-15(24-11-19-21-22-24)8-16(12)20-17(25)18-6-7-29(26,27)23-9-13(2)28-14(3)10-23/h4-5,8,11,13-14H,6-7,9-10H2,1-3H3,(H2,18,20,25). The summed E-state index contributed by atoms with van der Waals surface area (Å²) < 4.78 is 33.5. The predicted molar refractivity (Wildman–Crippen MR) is 106 cm³/mol. The molecule has 2 atom stereocenters. The Morgan fingerprint density at radius 3 is 2.66 bits per heavy atom. The fourth-order valence-electron chi connectivity index (χ4n) is 3.11. The molecule has 158 valence electrons. The van der Waals surface area contributed by atoms with E-state index in [4.69, 9.17) is 4.74 Å². The van der Waals surface area contributed by atoms with Crippen molar-refractivity contribution in [3.63, 3.8) is 0 Å². The van der Waals surface area contributed by atoms with Crippen LogP contribution in [0.3, 0.4) is 0 Å². The number of urea groups is 1. The summed E-state index contributed by atoms with van der Waals surface area (Å²) >= 11 is 0. The molecule has 1 aliphatic heterocycles. The number of carbonyl (C=O) groups is 1. The maximum absolute atomic E-state index is 12.5. The SMILES string of the molecule is Cc1ccc(-n2cnnn2)cc1NC(=O)NCCS(=O)(=O)N1CC(C)OC(C)C1. The fraction of sp³-hybridized carbons (Fsp3) is 0.529. The molecule has 0 radical (unpaired) electrons. The van der Waals surface area contributed by atoms with Gasteiger partial charge in [0, 0.05) is 25.3 Å². The first kappa shape index (κ1) is 21.1. The van der Waals surface area contributed by atoms with Crippen molar-refractivity contribution in [3.8, 4) is 5.69 Å². The smallest absolute Gasteiger partial charge is 0.319 e. The molecule has 0 saturated carbocycles. The van der Waals surface area contributed by atoms with E-state index in [1.807, 2.05) is 32.9 Å². The molecule has 2 unspecified atom stereocenters. The first-order valence-corrected chi connectivity index (χ1v) is 10.9. The Labute approximate surface area is 169 Å². The molecule has 12 heteroatoms. The minimum absolute atomic E-state index is 0.0000200.